The zero-order chi connectivity index (χ0) is 16.9. The summed E-state index contributed by atoms with van der Waals surface area (Å²) in [5.74, 6) is -0.0953. The van der Waals surface area contributed by atoms with E-state index in [1.165, 1.54) is 16.9 Å². The first kappa shape index (κ1) is 17.4. The molecule has 1 aromatic heterocycles. The fraction of sp³-hybridized carbons (Fsp3) is 0.412. The van der Waals surface area contributed by atoms with Crippen molar-refractivity contribution in [3.63, 3.8) is 0 Å². The van der Waals surface area contributed by atoms with E-state index >= 15 is 0 Å². The number of rotatable bonds is 5. The third-order valence-corrected chi connectivity index (χ3v) is 5.32. The molecular weight excluding hydrogens is 344 g/mol. The van der Waals surface area contributed by atoms with E-state index in [9.17, 15) is 4.79 Å². The molecule has 128 valence electrons. The smallest absolute Gasteiger partial charge is 0.270 e. The van der Waals surface area contributed by atoms with E-state index in [1.807, 2.05) is 12.1 Å². The molecule has 0 radical (unpaired) electrons. The first-order chi connectivity index (χ1) is 11.6. The van der Waals surface area contributed by atoms with Crippen molar-refractivity contribution in [1.29, 1.82) is 0 Å². The maximum absolute atomic E-state index is 12.2. The van der Waals surface area contributed by atoms with Gasteiger partial charge in [0.1, 0.15) is 10.7 Å². The average Bonchev–Trinajstić information content (AvgIpc) is 3.08. The van der Waals surface area contributed by atoms with Gasteiger partial charge < -0.3 is 11.1 Å². The van der Waals surface area contributed by atoms with Gasteiger partial charge in [-0.05, 0) is 30.5 Å². The third kappa shape index (κ3) is 4.54. The molecule has 0 unspecified atom stereocenters. The van der Waals surface area contributed by atoms with Crippen molar-refractivity contribution < 1.29 is 4.79 Å². The van der Waals surface area contributed by atoms with E-state index < -0.39 is 0 Å². The van der Waals surface area contributed by atoms with E-state index in [-0.39, 0.29) is 11.9 Å². The molecule has 7 heteroatoms. The summed E-state index contributed by atoms with van der Waals surface area (Å²) >= 11 is 7.35. The number of amides is 1. The molecule has 0 atom stereocenters. The lowest BCUT2D eigenvalue weighted by Crippen LogP contribution is -2.44. The number of benzene rings is 1. The topological polar surface area (TPSA) is 71.2 Å². The van der Waals surface area contributed by atoms with Gasteiger partial charge in [-0.1, -0.05) is 23.7 Å². The fourth-order valence-corrected chi connectivity index (χ4v) is 3.63. The van der Waals surface area contributed by atoms with Gasteiger partial charge in [-0.2, -0.15) is 0 Å². The van der Waals surface area contributed by atoms with Crippen molar-refractivity contribution in [2.75, 3.05) is 13.1 Å². The summed E-state index contributed by atoms with van der Waals surface area (Å²) in [6.45, 7) is 3.24. The Morgan fingerprint density at radius 1 is 1.33 bits per heavy atom. The number of aromatic nitrogens is 1. The lowest BCUT2D eigenvalue weighted by atomic mass is 10.0. The minimum absolute atomic E-state index is 0.0953. The maximum Gasteiger partial charge on any atom is 0.270 e. The van der Waals surface area contributed by atoms with Crippen LogP contribution in [0.1, 0.15) is 33.9 Å². The second-order valence-electron chi connectivity index (χ2n) is 5.98. The lowest BCUT2D eigenvalue weighted by Gasteiger charge is -2.32. The highest BCUT2D eigenvalue weighted by atomic mass is 35.5. The van der Waals surface area contributed by atoms with E-state index in [0.29, 0.717) is 12.2 Å². The van der Waals surface area contributed by atoms with Crippen molar-refractivity contribution in [1.82, 2.24) is 15.2 Å². The molecule has 0 spiro atoms. The minimum atomic E-state index is -0.0953. The van der Waals surface area contributed by atoms with E-state index in [0.717, 1.165) is 42.5 Å². The van der Waals surface area contributed by atoms with Crippen LogP contribution in [-0.4, -0.2) is 34.9 Å². The van der Waals surface area contributed by atoms with Crippen molar-refractivity contribution in [3.05, 3.63) is 50.9 Å². The Hall–Kier alpha value is -1.47. The van der Waals surface area contributed by atoms with Crippen molar-refractivity contribution in [3.8, 4) is 0 Å². The molecule has 0 bridgehead atoms. The zero-order valence-corrected chi connectivity index (χ0v) is 14.9. The Kier molecular flexibility index (Phi) is 5.84. The molecule has 3 N–H and O–H groups in total. The van der Waals surface area contributed by atoms with Crippen LogP contribution in [-0.2, 0) is 13.1 Å². The number of carbonyl (C=O) groups excluding carboxylic acids is 1. The van der Waals surface area contributed by atoms with E-state index in [4.69, 9.17) is 17.3 Å². The highest BCUT2D eigenvalue weighted by molar-refractivity contribution is 7.09. The molecule has 1 aliphatic heterocycles. The molecule has 0 aliphatic carbocycles. The highest BCUT2D eigenvalue weighted by Gasteiger charge is 2.22. The van der Waals surface area contributed by atoms with Crippen molar-refractivity contribution in [2.45, 2.75) is 32.0 Å². The molecule has 2 aromatic rings. The lowest BCUT2D eigenvalue weighted by molar-refractivity contribution is 0.0904. The summed E-state index contributed by atoms with van der Waals surface area (Å²) in [5.41, 5.74) is 7.28. The Balaban J connectivity index is 1.46. The molecule has 5 nitrogen and oxygen atoms in total. The number of piperidine rings is 1. The van der Waals surface area contributed by atoms with Gasteiger partial charge in [-0.25, -0.2) is 4.98 Å². The first-order valence-corrected chi connectivity index (χ1v) is 9.32. The summed E-state index contributed by atoms with van der Waals surface area (Å²) in [7, 11) is 0. The number of nitrogens with zero attached hydrogens (tertiary/aromatic N) is 2. The normalized spacial score (nSPS) is 16.2. The molecular formula is C17H21ClN4OS. The first-order valence-electron chi connectivity index (χ1n) is 8.06. The second kappa shape index (κ2) is 8.07. The van der Waals surface area contributed by atoms with Gasteiger partial charge in [0.2, 0.25) is 0 Å². The number of hydrogen-bond acceptors (Lipinski definition) is 5. The van der Waals surface area contributed by atoms with Gasteiger partial charge in [0.05, 0.1) is 0 Å². The summed E-state index contributed by atoms with van der Waals surface area (Å²) in [6.07, 6.45) is 1.90. The van der Waals surface area contributed by atoms with Gasteiger partial charge in [0, 0.05) is 42.6 Å². The highest BCUT2D eigenvalue weighted by Crippen LogP contribution is 2.16. The summed E-state index contributed by atoms with van der Waals surface area (Å²) in [6, 6.07) is 8.18. The molecule has 24 heavy (non-hydrogen) atoms. The number of likely N-dealkylation sites (tertiary alicyclic amines) is 1. The Morgan fingerprint density at radius 2 is 2.04 bits per heavy atom. The number of halogens is 1. The summed E-state index contributed by atoms with van der Waals surface area (Å²) in [5, 5.41) is 6.41. The third-order valence-electron chi connectivity index (χ3n) is 4.20. The number of hydrogen-bond donors (Lipinski definition) is 2. The van der Waals surface area contributed by atoms with Crippen LogP contribution in [0.4, 0.5) is 0 Å². The van der Waals surface area contributed by atoms with Gasteiger partial charge in [-0.3, -0.25) is 9.69 Å². The van der Waals surface area contributed by atoms with Crippen molar-refractivity contribution >= 4 is 28.8 Å². The van der Waals surface area contributed by atoms with Crippen LogP contribution in [0, 0.1) is 0 Å². The van der Waals surface area contributed by atoms with Crippen molar-refractivity contribution in [2.24, 2.45) is 5.73 Å². The van der Waals surface area contributed by atoms with E-state index in [1.54, 1.807) is 5.38 Å². The number of nitrogens with two attached hydrogens (primary N) is 1. The van der Waals surface area contributed by atoms with Crippen LogP contribution < -0.4 is 11.1 Å². The van der Waals surface area contributed by atoms with Crippen LogP contribution >= 0.6 is 22.9 Å². The number of thiazole rings is 1. The van der Waals surface area contributed by atoms with Gasteiger partial charge in [0.15, 0.2) is 0 Å². The fourth-order valence-electron chi connectivity index (χ4n) is 2.85. The Labute approximate surface area is 150 Å². The SMILES string of the molecule is NCc1nc(C(=O)NC2CCN(Cc3ccc(Cl)cc3)CC2)cs1. The van der Waals surface area contributed by atoms with Gasteiger partial charge in [0.25, 0.3) is 5.91 Å². The zero-order valence-electron chi connectivity index (χ0n) is 13.4. The summed E-state index contributed by atoms with van der Waals surface area (Å²) in [4.78, 5) is 18.8. The van der Waals surface area contributed by atoms with Gasteiger partial charge >= 0.3 is 0 Å². The average molecular weight is 365 g/mol. The number of nitrogens with one attached hydrogen (secondary N) is 1. The molecule has 1 fully saturated rings. The number of carbonyl (C=O) groups is 1. The standard InChI is InChI=1S/C17H21ClN4OS/c18-13-3-1-12(2-4-13)10-22-7-5-14(6-8-22)20-17(23)15-11-24-16(9-19)21-15/h1-4,11,14H,5-10,19H2,(H,20,23). The van der Waals surface area contributed by atoms with Crippen LogP contribution in [0.15, 0.2) is 29.6 Å². The van der Waals surface area contributed by atoms with Crippen LogP contribution in [0.25, 0.3) is 0 Å². The Bertz CT molecular complexity index is 680. The molecule has 1 aromatic carbocycles. The largest absolute Gasteiger partial charge is 0.348 e. The molecule has 1 aliphatic rings. The van der Waals surface area contributed by atoms with E-state index in [2.05, 4.69) is 27.3 Å². The predicted molar refractivity (Wildman–Crippen MR) is 97.2 cm³/mol. The summed E-state index contributed by atoms with van der Waals surface area (Å²) < 4.78 is 0. The minimum Gasteiger partial charge on any atom is -0.348 e. The van der Waals surface area contributed by atoms with Crippen LogP contribution in [0.5, 0.6) is 0 Å². The van der Waals surface area contributed by atoms with Crippen LogP contribution in [0.2, 0.25) is 5.02 Å². The quantitative estimate of drug-likeness (QED) is 0.855. The van der Waals surface area contributed by atoms with Crippen LogP contribution in [0.3, 0.4) is 0 Å². The molecule has 1 saturated heterocycles. The maximum atomic E-state index is 12.2. The van der Waals surface area contributed by atoms with Gasteiger partial charge in [-0.15, -0.1) is 11.3 Å². The second-order valence-corrected chi connectivity index (χ2v) is 7.36. The Morgan fingerprint density at radius 3 is 2.67 bits per heavy atom. The molecule has 2 heterocycles. The molecule has 0 saturated carbocycles. The predicted octanol–water partition coefficient (Wildman–Crippen LogP) is 2.65. The molecule has 1 amide bonds. The molecule has 3 rings (SSSR count). The monoisotopic (exact) mass is 364 g/mol.